The summed E-state index contributed by atoms with van der Waals surface area (Å²) in [5, 5.41) is 3.60. The van der Waals surface area contributed by atoms with Crippen molar-refractivity contribution < 1.29 is 13.9 Å². The first-order valence-electron chi connectivity index (χ1n) is 7.47. The molecule has 0 saturated heterocycles. The summed E-state index contributed by atoms with van der Waals surface area (Å²) in [6.45, 7) is 0.455. The molecule has 0 spiro atoms. The Balaban J connectivity index is 1.60. The number of furan rings is 1. The Hall–Kier alpha value is -1.98. The molecule has 1 aromatic heterocycles. The molecule has 2 aromatic rings. The third-order valence-electron chi connectivity index (χ3n) is 3.95. The van der Waals surface area contributed by atoms with Crippen molar-refractivity contribution in [2.75, 3.05) is 20.6 Å². The highest BCUT2D eigenvalue weighted by molar-refractivity contribution is 6.30. The van der Waals surface area contributed by atoms with Gasteiger partial charge in [-0.15, -0.1) is 0 Å². The maximum atomic E-state index is 12.4. The van der Waals surface area contributed by atoms with E-state index in [-0.39, 0.29) is 11.9 Å². The quantitative estimate of drug-likeness (QED) is 0.913. The minimum atomic E-state index is -0.511. The van der Waals surface area contributed by atoms with Gasteiger partial charge in [0, 0.05) is 18.0 Å². The summed E-state index contributed by atoms with van der Waals surface area (Å²) in [4.78, 5) is 14.4. The average molecular weight is 335 g/mol. The van der Waals surface area contributed by atoms with E-state index in [9.17, 15) is 4.79 Å². The summed E-state index contributed by atoms with van der Waals surface area (Å²) in [6.07, 6.45) is 1.66. The van der Waals surface area contributed by atoms with Gasteiger partial charge in [0.05, 0.1) is 12.3 Å². The van der Waals surface area contributed by atoms with Gasteiger partial charge in [0.2, 0.25) is 0 Å². The second-order valence-corrected chi connectivity index (χ2v) is 6.24. The number of nitrogens with one attached hydrogen (secondary N) is 1. The molecule has 2 heterocycles. The molecule has 0 bridgehead atoms. The molecule has 5 nitrogen and oxygen atoms in total. The van der Waals surface area contributed by atoms with Crippen LogP contribution in [0.1, 0.15) is 17.4 Å². The molecule has 3 rings (SSSR count). The number of benzene rings is 1. The number of fused-ring (bicyclic) bond motifs is 1. The summed E-state index contributed by atoms with van der Waals surface area (Å²) >= 11 is 5.97. The Bertz CT molecular complexity index is 685. The van der Waals surface area contributed by atoms with Crippen LogP contribution in [0, 0.1) is 0 Å². The minimum Gasteiger partial charge on any atom is -0.480 e. The highest BCUT2D eigenvalue weighted by Gasteiger charge is 2.30. The zero-order chi connectivity index (χ0) is 16.4. The third kappa shape index (κ3) is 3.51. The number of nitrogens with zero attached hydrogens (tertiary/aromatic N) is 1. The van der Waals surface area contributed by atoms with Crippen LogP contribution >= 0.6 is 11.6 Å². The number of carbonyl (C=O) groups is 1. The molecule has 2 atom stereocenters. The zero-order valence-corrected chi connectivity index (χ0v) is 13.8. The SMILES string of the molecule is CN(C)C(CNC(=O)C1Cc2cc(Cl)ccc2O1)c1ccco1. The third-order valence-corrected chi connectivity index (χ3v) is 4.19. The van der Waals surface area contributed by atoms with Crippen LogP contribution in [0.25, 0.3) is 0 Å². The fraction of sp³-hybridized carbons (Fsp3) is 0.353. The molecule has 1 N–H and O–H groups in total. The van der Waals surface area contributed by atoms with Gasteiger partial charge in [-0.25, -0.2) is 0 Å². The topological polar surface area (TPSA) is 54.7 Å². The van der Waals surface area contributed by atoms with E-state index in [4.69, 9.17) is 20.8 Å². The van der Waals surface area contributed by atoms with Crippen molar-refractivity contribution in [3.05, 3.63) is 52.9 Å². The molecule has 0 saturated carbocycles. The van der Waals surface area contributed by atoms with Crippen molar-refractivity contribution in [1.29, 1.82) is 0 Å². The highest BCUT2D eigenvalue weighted by atomic mass is 35.5. The number of hydrogen-bond acceptors (Lipinski definition) is 4. The number of rotatable bonds is 5. The van der Waals surface area contributed by atoms with Gasteiger partial charge < -0.3 is 14.5 Å². The lowest BCUT2D eigenvalue weighted by molar-refractivity contribution is -0.127. The summed E-state index contributed by atoms with van der Waals surface area (Å²) in [6, 6.07) is 9.13. The summed E-state index contributed by atoms with van der Waals surface area (Å²) < 4.78 is 11.1. The van der Waals surface area contributed by atoms with Crippen molar-refractivity contribution in [1.82, 2.24) is 10.2 Å². The van der Waals surface area contributed by atoms with E-state index in [1.807, 2.05) is 37.2 Å². The molecule has 0 fully saturated rings. The van der Waals surface area contributed by atoms with Crippen LogP contribution < -0.4 is 10.1 Å². The van der Waals surface area contributed by atoms with Crippen molar-refractivity contribution in [3.8, 4) is 5.75 Å². The van der Waals surface area contributed by atoms with Gasteiger partial charge >= 0.3 is 0 Å². The number of amides is 1. The van der Waals surface area contributed by atoms with E-state index in [1.165, 1.54) is 0 Å². The van der Waals surface area contributed by atoms with Crippen LogP contribution in [0.4, 0.5) is 0 Å². The molecule has 0 aliphatic carbocycles. The molecule has 2 unspecified atom stereocenters. The van der Waals surface area contributed by atoms with E-state index in [0.717, 1.165) is 17.1 Å². The van der Waals surface area contributed by atoms with Crippen LogP contribution in [-0.4, -0.2) is 37.6 Å². The molecular formula is C17H19ClN2O3. The second-order valence-electron chi connectivity index (χ2n) is 5.80. The van der Waals surface area contributed by atoms with Gasteiger partial charge in [-0.05, 0) is 50.0 Å². The first kappa shape index (κ1) is 15.9. The fourth-order valence-electron chi connectivity index (χ4n) is 2.69. The Morgan fingerprint density at radius 3 is 2.96 bits per heavy atom. The van der Waals surface area contributed by atoms with Crippen molar-refractivity contribution >= 4 is 17.5 Å². The molecule has 1 aromatic carbocycles. The number of halogens is 1. The molecule has 122 valence electrons. The Morgan fingerprint density at radius 1 is 1.43 bits per heavy atom. The van der Waals surface area contributed by atoms with Gasteiger partial charge in [-0.3, -0.25) is 9.69 Å². The Kier molecular flexibility index (Phi) is 4.59. The van der Waals surface area contributed by atoms with Gasteiger partial charge in [-0.2, -0.15) is 0 Å². The van der Waals surface area contributed by atoms with E-state index < -0.39 is 6.10 Å². The first-order valence-corrected chi connectivity index (χ1v) is 7.85. The molecule has 23 heavy (non-hydrogen) atoms. The maximum absolute atomic E-state index is 12.4. The van der Waals surface area contributed by atoms with E-state index in [0.29, 0.717) is 18.0 Å². The molecule has 1 aliphatic rings. The Morgan fingerprint density at radius 2 is 2.26 bits per heavy atom. The van der Waals surface area contributed by atoms with Crippen molar-refractivity contribution in [2.24, 2.45) is 0 Å². The number of carbonyl (C=O) groups excluding carboxylic acids is 1. The normalized spacial score (nSPS) is 17.7. The smallest absolute Gasteiger partial charge is 0.261 e. The van der Waals surface area contributed by atoms with Crippen LogP contribution in [0.3, 0.4) is 0 Å². The standard InChI is InChI=1S/C17H19ClN2O3/c1-20(2)13(15-4-3-7-22-15)10-19-17(21)16-9-11-8-12(18)5-6-14(11)23-16/h3-8,13,16H,9-10H2,1-2H3,(H,19,21). The molecule has 0 radical (unpaired) electrons. The van der Waals surface area contributed by atoms with Crippen LogP contribution in [0.15, 0.2) is 41.0 Å². The van der Waals surface area contributed by atoms with Gasteiger partial charge in [0.25, 0.3) is 5.91 Å². The van der Waals surface area contributed by atoms with E-state index in [1.54, 1.807) is 18.4 Å². The lowest BCUT2D eigenvalue weighted by Crippen LogP contribution is -2.41. The zero-order valence-electron chi connectivity index (χ0n) is 13.1. The summed E-state index contributed by atoms with van der Waals surface area (Å²) in [7, 11) is 3.90. The van der Waals surface area contributed by atoms with Crippen LogP contribution in [0.5, 0.6) is 5.75 Å². The fourth-order valence-corrected chi connectivity index (χ4v) is 2.89. The number of ether oxygens (including phenoxy) is 1. The minimum absolute atomic E-state index is 0.0211. The molecule has 1 amide bonds. The number of likely N-dealkylation sites (N-methyl/N-ethyl adjacent to an activating group) is 1. The van der Waals surface area contributed by atoms with Crippen LogP contribution in [-0.2, 0) is 11.2 Å². The Labute approximate surface area is 140 Å². The average Bonchev–Trinajstić information content (AvgIpc) is 3.15. The first-order chi connectivity index (χ1) is 11.0. The predicted molar refractivity (Wildman–Crippen MR) is 87.7 cm³/mol. The molecule has 1 aliphatic heterocycles. The van der Waals surface area contributed by atoms with E-state index >= 15 is 0 Å². The largest absolute Gasteiger partial charge is 0.480 e. The second kappa shape index (κ2) is 6.64. The van der Waals surface area contributed by atoms with Gasteiger partial charge in [0.15, 0.2) is 6.10 Å². The maximum Gasteiger partial charge on any atom is 0.261 e. The number of hydrogen-bond donors (Lipinski definition) is 1. The van der Waals surface area contributed by atoms with Crippen molar-refractivity contribution in [2.45, 2.75) is 18.6 Å². The van der Waals surface area contributed by atoms with Crippen LogP contribution in [0.2, 0.25) is 5.02 Å². The predicted octanol–water partition coefficient (Wildman–Crippen LogP) is 2.66. The highest BCUT2D eigenvalue weighted by Crippen LogP contribution is 2.31. The monoisotopic (exact) mass is 334 g/mol. The molecular weight excluding hydrogens is 316 g/mol. The van der Waals surface area contributed by atoms with Gasteiger partial charge in [0.1, 0.15) is 11.5 Å². The van der Waals surface area contributed by atoms with E-state index in [2.05, 4.69) is 5.32 Å². The summed E-state index contributed by atoms with van der Waals surface area (Å²) in [5.41, 5.74) is 0.966. The van der Waals surface area contributed by atoms with Crippen molar-refractivity contribution in [3.63, 3.8) is 0 Å². The molecule has 6 heteroatoms. The lowest BCUT2D eigenvalue weighted by atomic mass is 10.1. The summed E-state index contributed by atoms with van der Waals surface area (Å²) in [5.74, 6) is 1.41. The van der Waals surface area contributed by atoms with Gasteiger partial charge in [-0.1, -0.05) is 11.6 Å². The lowest BCUT2D eigenvalue weighted by Gasteiger charge is -2.23.